The van der Waals surface area contributed by atoms with Gasteiger partial charge in [0.15, 0.2) is 0 Å². The Morgan fingerprint density at radius 2 is 1.69 bits per heavy atom. The van der Waals surface area contributed by atoms with Crippen molar-refractivity contribution in [1.82, 2.24) is 15.0 Å². The Morgan fingerprint density at radius 1 is 0.917 bits per heavy atom. The van der Waals surface area contributed by atoms with E-state index in [9.17, 15) is 4.79 Å². The molecule has 0 spiro atoms. The van der Waals surface area contributed by atoms with Gasteiger partial charge in [0, 0.05) is 30.2 Å². The predicted molar refractivity (Wildman–Crippen MR) is 141 cm³/mol. The first-order chi connectivity index (χ1) is 17.4. The molecule has 0 saturated carbocycles. The monoisotopic (exact) mass is 504 g/mol. The SMILES string of the molecule is CNc1nccc(-c2cccnc2Oc2ccc(NC(=O)Nc3cc(Cl)ccc3OC)c(C)c2C)n1. The van der Waals surface area contributed by atoms with E-state index < -0.39 is 6.03 Å². The van der Waals surface area contributed by atoms with Crippen molar-refractivity contribution >= 4 is 35.0 Å². The van der Waals surface area contributed by atoms with E-state index in [2.05, 4.69) is 30.9 Å². The highest BCUT2D eigenvalue weighted by atomic mass is 35.5. The summed E-state index contributed by atoms with van der Waals surface area (Å²) < 4.78 is 11.5. The summed E-state index contributed by atoms with van der Waals surface area (Å²) in [5, 5.41) is 9.05. The van der Waals surface area contributed by atoms with E-state index in [4.69, 9.17) is 21.1 Å². The van der Waals surface area contributed by atoms with Gasteiger partial charge in [0.2, 0.25) is 11.8 Å². The third kappa shape index (κ3) is 5.47. The third-order valence-electron chi connectivity index (χ3n) is 5.53. The molecule has 0 saturated heterocycles. The molecule has 4 rings (SSSR count). The Morgan fingerprint density at radius 3 is 2.47 bits per heavy atom. The average Bonchev–Trinajstić information content (AvgIpc) is 2.89. The Kier molecular flexibility index (Phi) is 7.50. The number of carbonyl (C=O) groups excluding carboxylic acids is 1. The lowest BCUT2D eigenvalue weighted by Gasteiger charge is -2.17. The maximum Gasteiger partial charge on any atom is 0.323 e. The van der Waals surface area contributed by atoms with E-state index in [0.717, 1.165) is 16.7 Å². The van der Waals surface area contributed by atoms with Crippen molar-refractivity contribution in [3.63, 3.8) is 0 Å². The number of pyridine rings is 1. The molecule has 0 unspecified atom stereocenters. The second-order valence-electron chi connectivity index (χ2n) is 7.76. The van der Waals surface area contributed by atoms with Gasteiger partial charge in [-0.15, -0.1) is 0 Å². The minimum atomic E-state index is -0.428. The zero-order valence-electron chi connectivity index (χ0n) is 20.2. The Hall–Kier alpha value is -4.37. The van der Waals surface area contributed by atoms with Crippen LogP contribution in [0.25, 0.3) is 11.3 Å². The lowest BCUT2D eigenvalue weighted by Crippen LogP contribution is -2.20. The van der Waals surface area contributed by atoms with Crippen molar-refractivity contribution in [3.05, 3.63) is 77.1 Å². The molecule has 36 heavy (non-hydrogen) atoms. The van der Waals surface area contributed by atoms with Gasteiger partial charge in [0.05, 0.1) is 24.1 Å². The van der Waals surface area contributed by atoms with Gasteiger partial charge in [-0.2, -0.15) is 0 Å². The number of amides is 2. The molecule has 9 nitrogen and oxygen atoms in total. The molecule has 0 aliphatic rings. The standard InChI is InChI=1S/C26H25ClN6O3/c1-15-16(2)22(36-24-18(6-5-12-29-24)20-11-13-30-25(28-3)31-20)10-8-19(15)32-26(34)33-21-14-17(27)7-9-23(21)35-4/h5-14H,1-4H3,(H,28,30,31)(H2,32,33,34). The highest BCUT2D eigenvalue weighted by Crippen LogP contribution is 2.35. The summed E-state index contributed by atoms with van der Waals surface area (Å²) in [7, 11) is 3.28. The summed E-state index contributed by atoms with van der Waals surface area (Å²) in [6.07, 6.45) is 3.33. The van der Waals surface area contributed by atoms with E-state index in [0.29, 0.717) is 45.4 Å². The van der Waals surface area contributed by atoms with Gasteiger partial charge in [-0.3, -0.25) is 0 Å². The zero-order chi connectivity index (χ0) is 25.7. The van der Waals surface area contributed by atoms with Gasteiger partial charge in [-0.05, 0) is 73.5 Å². The maximum absolute atomic E-state index is 12.7. The van der Waals surface area contributed by atoms with Gasteiger partial charge < -0.3 is 25.4 Å². The highest BCUT2D eigenvalue weighted by Gasteiger charge is 2.16. The van der Waals surface area contributed by atoms with Crippen molar-refractivity contribution in [3.8, 4) is 28.6 Å². The number of nitrogens with zero attached hydrogens (tertiary/aromatic N) is 3. The molecule has 0 bridgehead atoms. The van der Waals surface area contributed by atoms with Crippen LogP contribution in [0.4, 0.5) is 22.1 Å². The maximum atomic E-state index is 12.7. The number of carbonyl (C=O) groups is 1. The number of halogens is 1. The highest BCUT2D eigenvalue weighted by molar-refractivity contribution is 6.31. The summed E-state index contributed by atoms with van der Waals surface area (Å²) >= 11 is 6.06. The molecule has 2 heterocycles. The van der Waals surface area contributed by atoms with E-state index in [1.807, 2.05) is 26.0 Å². The molecule has 4 aromatic rings. The molecule has 10 heteroatoms. The van der Waals surface area contributed by atoms with E-state index >= 15 is 0 Å². The number of methoxy groups -OCH3 is 1. The van der Waals surface area contributed by atoms with Crippen LogP contribution in [0.3, 0.4) is 0 Å². The van der Waals surface area contributed by atoms with Gasteiger partial charge >= 0.3 is 6.03 Å². The molecule has 2 aromatic carbocycles. The zero-order valence-corrected chi connectivity index (χ0v) is 21.0. The summed E-state index contributed by atoms with van der Waals surface area (Å²) in [6.45, 7) is 3.82. The molecule has 2 aromatic heterocycles. The largest absolute Gasteiger partial charge is 0.495 e. The number of benzene rings is 2. The van der Waals surface area contributed by atoms with Crippen LogP contribution in [0, 0.1) is 13.8 Å². The minimum absolute atomic E-state index is 0.409. The van der Waals surface area contributed by atoms with Crippen LogP contribution >= 0.6 is 11.6 Å². The number of hydrogen-bond donors (Lipinski definition) is 3. The summed E-state index contributed by atoms with van der Waals surface area (Å²) in [5.74, 6) is 2.02. The number of rotatable bonds is 7. The summed E-state index contributed by atoms with van der Waals surface area (Å²) in [4.78, 5) is 25.7. The van der Waals surface area contributed by atoms with Crippen molar-refractivity contribution in [2.24, 2.45) is 0 Å². The lowest BCUT2D eigenvalue weighted by molar-refractivity contribution is 0.262. The fourth-order valence-electron chi connectivity index (χ4n) is 3.50. The quantitative estimate of drug-likeness (QED) is 0.271. The predicted octanol–water partition coefficient (Wildman–Crippen LogP) is 6.30. The van der Waals surface area contributed by atoms with Gasteiger partial charge in [-0.1, -0.05) is 11.6 Å². The number of anilines is 3. The summed E-state index contributed by atoms with van der Waals surface area (Å²) in [5.41, 5.74) is 4.20. The Bertz CT molecular complexity index is 1410. The fourth-order valence-corrected chi connectivity index (χ4v) is 3.67. The van der Waals surface area contributed by atoms with Gasteiger partial charge in [0.1, 0.15) is 11.5 Å². The Labute approximate surface area is 213 Å². The van der Waals surface area contributed by atoms with Crippen LogP contribution in [-0.2, 0) is 0 Å². The van der Waals surface area contributed by atoms with Crippen LogP contribution in [0.15, 0.2) is 60.9 Å². The van der Waals surface area contributed by atoms with Crippen molar-refractivity contribution in [2.75, 3.05) is 30.1 Å². The van der Waals surface area contributed by atoms with Gasteiger partial charge in [0.25, 0.3) is 0 Å². The van der Waals surface area contributed by atoms with Crippen LogP contribution in [0.2, 0.25) is 5.02 Å². The number of hydrogen-bond acceptors (Lipinski definition) is 7. The molecule has 0 radical (unpaired) electrons. The van der Waals surface area contributed by atoms with E-state index in [1.165, 1.54) is 7.11 Å². The average molecular weight is 505 g/mol. The van der Waals surface area contributed by atoms with Crippen LogP contribution in [0.5, 0.6) is 17.4 Å². The lowest BCUT2D eigenvalue weighted by atomic mass is 10.1. The number of ether oxygens (including phenoxy) is 2. The second-order valence-corrected chi connectivity index (χ2v) is 8.20. The topological polar surface area (TPSA) is 110 Å². The molecule has 0 aliphatic heterocycles. The molecule has 0 atom stereocenters. The van der Waals surface area contributed by atoms with E-state index in [-0.39, 0.29) is 0 Å². The molecule has 0 fully saturated rings. The first-order valence-electron chi connectivity index (χ1n) is 11.1. The van der Waals surface area contributed by atoms with Crippen molar-refractivity contribution < 1.29 is 14.3 Å². The molecule has 3 N–H and O–H groups in total. The van der Waals surface area contributed by atoms with E-state index in [1.54, 1.807) is 55.8 Å². The smallest absolute Gasteiger partial charge is 0.323 e. The molecule has 0 aliphatic carbocycles. The fraction of sp³-hybridized carbons (Fsp3) is 0.154. The Balaban J connectivity index is 1.55. The number of aromatic nitrogens is 3. The number of urea groups is 1. The first-order valence-corrected chi connectivity index (χ1v) is 11.4. The van der Waals surface area contributed by atoms with Crippen molar-refractivity contribution in [1.29, 1.82) is 0 Å². The van der Waals surface area contributed by atoms with Crippen molar-refractivity contribution in [2.45, 2.75) is 13.8 Å². The van der Waals surface area contributed by atoms with Crippen LogP contribution in [-0.4, -0.2) is 35.1 Å². The first kappa shape index (κ1) is 24.7. The molecular weight excluding hydrogens is 480 g/mol. The second kappa shape index (κ2) is 10.9. The minimum Gasteiger partial charge on any atom is -0.495 e. The normalized spacial score (nSPS) is 10.5. The molecule has 184 valence electrons. The molecule has 2 amide bonds. The number of nitrogens with one attached hydrogen (secondary N) is 3. The van der Waals surface area contributed by atoms with Gasteiger partial charge in [-0.25, -0.2) is 19.7 Å². The van der Waals surface area contributed by atoms with Crippen LogP contribution < -0.4 is 25.4 Å². The molecular formula is C26H25ClN6O3. The van der Waals surface area contributed by atoms with Crippen LogP contribution in [0.1, 0.15) is 11.1 Å². The summed E-state index contributed by atoms with van der Waals surface area (Å²) in [6, 6.07) is 13.6. The third-order valence-corrected chi connectivity index (χ3v) is 5.76.